The highest BCUT2D eigenvalue weighted by Crippen LogP contribution is 2.44. The molecule has 1 aliphatic rings. The molecule has 0 spiro atoms. The van der Waals surface area contributed by atoms with Crippen molar-refractivity contribution in [3.63, 3.8) is 0 Å². The van der Waals surface area contributed by atoms with Crippen LogP contribution in [0.3, 0.4) is 0 Å². The molecule has 82 valence electrons. The van der Waals surface area contributed by atoms with E-state index in [4.69, 9.17) is 9.47 Å². The second kappa shape index (κ2) is 3.14. The third kappa shape index (κ3) is 1.57. The van der Waals surface area contributed by atoms with E-state index in [1.807, 2.05) is 19.9 Å². The van der Waals surface area contributed by atoms with E-state index in [1.54, 1.807) is 13.8 Å². The zero-order chi connectivity index (χ0) is 11.2. The molecule has 0 saturated heterocycles. The van der Waals surface area contributed by atoms with Crippen LogP contribution in [0, 0.1) is 13.8 Å². The molecule has 1 N–H and O–H groups in total. The van der Waals surface area contributed by atoms with Gasteiger partial charge in [0.15, 0.2) is 11.5 Å². The SMILES string of the molecule is Cc1cc(C(C)(C)O)c2c(c1C)OCO2. The molecule has 0 atom stereocenters. The molecule has 2 rings (SSSR count). The normalized spacial score (nSPS) is 14.5. The number of benzene rings is 1. The molecule has 3 nitrogen and oxygen atoms in total. The van der Waals surface area contributed by atoms with Gasteiger partial charge in [0.2, 0.25) is 6.79 Å². The molecular weight excluding hydrogens is 192 g/mol. The van der Waals surface area contributed by atoms with Gasteiger partial charge in [-0.1, -0.05) is 0 Å². The van der Waals surface area contributed by atoms with Crippen LogP contribution in [0.5, 0.6) is 11.5 Å². The molecule has 1 heterocycles. The summed E-state index contributed by atoms with van der Waals surface area (Å²) in [5, 5.41) is 10.0. The first kappa shape index (κ1) is 10.3. The van der Waals surface area contributed by atoms with E-state index in [0.717, 1.165) is 22.4 Å². The van der Waals surface area contributed by atoms with Crippen molar-refractivity contribution < 1.29 is 14.6 Å². The van der Waals surface area contributed by atoms with Gasteiger partial charge in [0.1, 0.15) is 0 Å². The molecule has 0 saturated carbocycles. The van der Waals surface area contributed by atoms with Crippen molar-refractivity contribution in [2.45, 2.75) is 33.3 Å². The standard InChI is InChI=1S/C12H16O3/c1-7-5-9(12(3,4)13)11-10(8(7)2)14-6-15-11/h5,13H,6H2,1-4H3. The smallest absolute Gasteiger partial charge is 0.231 e. The van der Waals surface area contributed by atoms with Crippen molar-refractivity contribution in [1.82, 2.24) is 0 Å². The minimum Gasteiger partial charge on any atom is -0.453 e. The molecule has 0 amide bonds. The van der Waals surface area contributed by atoms with Crippen LogP contribution < -0.4 is 9.47 Å². The second-order valence-corrected chi connectivity index (χ2v) is 4.49. The minimum atomic E-state index is -0.907. The Hall–Kier alpha value is -1.22. The lowest BCUT2D eigenvalue weighted by molar-refractivity contribution is 0.0743. The molecule has 15 heavy (non-hydrogen) atoms. The van der Waals surface area contributed by atoms with Crippen LogP contribution in [0.1, 0.15) is 30.5 Å². The number of ether oxygens (including phenoxy) is 2. The van der Waals surface area contributed by atoms with Crippen LogP contribution in [0.2, 0.25) is 0 Å². The summed E-state index contributed by atoms with van der Waals surface area (Å²) in [6, 6.07) is 1.96. The highest BCUT2D eigenvalue weighted by molar-refractivity contribution is 5.57. The molecule has 0 unspecified atom stereocenters. The molecule has 3 heteroatoms. The van der Waals surface area contributed by atoms with Gasteiger partial charge in [-0.15, -0.1) is 0 Å². The third-order valence-electron chi connectivity index (χ3n) is 2.81. The average molecular weight is 208 g/mol. The van der Waals surface area contributed by atoms with Crippen molar-refractivity contribution in [2.75, 3.05) is 6.79 Å². The third-order valence-corrected chi connectivity index (χ3v) is 2.81. The Kier molecular flexibility index (Phi) is 2.15. The van der Waals surface area contributed by atoms with Gasteiger partial charge in [0.05, 0.1) is 5.60 Å². The van der Waals surface area contributed by atoms with Crippen molar-refractivity contribution in [1.29, 1.82) is 0 Å². The molecule has 1 aliphatic heterocycles. The minimum absolute atomic E-state index is 0.239. The van der Waals surface area contributed by atoms with E-state index in [0.29, 0.717) is 5.75 Å². The fourth-order valence-electron chi connectivity index (χ4n) is 1.78. The molecule has 1 aromatic carbocycles. The van der Waals surface area contributed by atoms with Crippen LogP contribution in [0.25, 0.3) is 0 Å². The van der Waals surface area contributed by atoms with Gasteiger partial charge in [-0.3, -0.25) is 0 Å². The number of aliphatic hydroxyl groups is 1. The Balaban J connectivity index is 2.68. The van der Waals surface area contributed by atoms with Gasteiger partial charge in [-0.2, -0.15) is 0 Å². The average Bonchev–Trinajstić information content (AvgIpc) is 2.57. The number of hydrogen-bond donors (Lipinski definition) is 1. The summed E-state index contributed by atoms with van der Waals surface area (Å²) in [4.78, 5) is 0. The van der Waals surface area contributed by atoms with Gasteiger partial charge in [0, 0.05) is 5.56 Å². The molecule has 0 aliphatic carbocycles. The Morgan fingerprint density at radius 3 is 2.40 bits per heavy atom. The zero-order valence-corrected chi connectivity index (χ0v) is 9.55. The highest BCUT2D eigenvalue weighted by Gasteiger charge is 2.29. The topological polar surface area (TPSA) is 38.7 Å². The summed E-state index contributed by atoms with van der Waals surface area (Å²) >= 11 is 0. The maximum atomic E-state index is 10.0. The molecule has 0 radical (unpaired) electrons. The lowest BCUT2D eigenvalue weighted by atomic mass is 9.93. The fourth-order valence-corrected chi connectivity index (χ4v) is 1.78. The summed E-state index contributed by atoms with van der Waals surface area (Å²) in [6.07, 6.45) is 0. The van der Waals surface area contributed by atoms with Crippen LogP contribution in [-0.4, -0.2) is 11.9 Å². The summed E-state index contributed by atoms with van der Waals surface area (Å²) in [6.45, 7) is 7.74. The predicted octanol–water partition coefficient (Wildman–Crippen LogP) is 2.26. The number of rotatable bonds is 1. The van der Waals surface area contributed by atoms with E-state index in [-0.39, 0.29) is 6.79 Å². The Morgan fingerprint density at radius 2 is 1.80 bits per heavy atom. The maximum Gasteiger partial charge on any atom is 0.231 e. The van der Waals surface area contributed by atoms with Gasteiger partial charge < -0.3 is 14.6 Å². The largest absolute Gasteiger partial charge is 0.453 e. The first-order valence-corrected chi connectivity index (χ1v) is 5.04. The van der Waals surface area contributed by atoms with E-state index in [9.17, 15) is 5.11 Å². The lowest BCUT2D eigenvalue weighted by Gasteiger charge is -2.21. The van der Waals surface area contributed by atoms with E-state index in [2.05, 4.69) is 0 Å². The first-order chi connectivity index (χ1) is 6.91. The monoisotopic (exact) mass is 208 g/mol. The van der Waals surface area contributed by atoms with E-state index in [1.165, 1.54) is 0 Å². The lowest BCUT2D eigenvalue weighted by Crippen LogP contribution is -2.16. The Morgan fingerprint density at radius 1 is 1.20 bits per heavy atom. The summed E-state index contributed by atoms with van der Waals surface area (Å²) < 4.78 is 10.8. The van der Waals surface area contributed by atoms with Crippen LogP contribution in [-0.2, 0) is 5.60 Å². The molecular formula is C12H16O3. The van der Waals surface area contributed by atoms with Gasteiger partial charge >= 0.3 is 0 Å². The summed E-state index contributed by atoms with van der Waals surface area (Å²) in [5.41, 5.74) is 2.07. The Labute approximate surface area is 89.6 Å². The fraction of sp³-hybridized carbons (Fsp3) is 0.500. The quantitative estimate of drug-likeness (QED) is 0.769. The molecule has 0 aromatic heterocycles. The zero-order valence-electron chi connectivity index (χ0n) is 9.55. The second-order valence-electron chi connectivity index (χ2n) is 4.49. The summed E-state index contributed by atoms with van der Waals surface area (Å²) in [5.74, 6) is 1.46. The van der Waals surface area contributed by atoms with Crippen LogP contribution in [0.15, 0.2) is 6.07 Å². The molecule has 1 aromatic rings. The van der Waals surface area contributed by atoms with Gasteiger partial charge in [0.25, 0.3) is 0 Å². The van der Waals surface area contributed by atoms with Gasteiger partial charge in [-0.05, 0) is 44.9 Å². The van der Waals surface area contributed by atoms with Gasteiger partial charge in [-0.25, -0.2) is 0 Å². The highest BCUT2D eigenvalue weighted by atomic mass is 16.7. The van der Waals surface area contributed by atoms with E-state index >= 15 is 0 Å². The van der Waals surface area contributed by atoms with Crippen molar-refractivity contribution in [3.8, 4) is 11.5 Å². The molecule has 0 fully saturated rings. The Bertz CT molecular complexity index is 402. The van der Waals surface area contributed by atoms with Crippen molar-refractivity contribution in [3.05, 3.63) is 22.8 Å². The van der Waals surface area contributed by atoms with Crippen LogP contribution in [0.4, 0.5) is 0 Å². The number of aryl methyl sites for hydroxylation is 1. The van der Waals surface area contributed by atoms with E-state index < -0.39 is 5.60 Å². The molecule has 0 bridgehead atoms. The predicted molar refractivity (Wildman–Crippen MR) is 57.3 cm³/mol. The first-order valence-electron chi connectivity index (χ1n) is 5.04. The number of hydrogen-bond acceptors (Lipinski definition) is 3. The number of fused-ring (bicyclic) bond motifs is 1. The maximum absolute atomic E-state index is 10.0. The van der Waals surface area contributed by atoms with Crippen LogP contribution >= 0.6 is 0 Å². The van der Waals surface area contributed by atoms with Crippen molar-refractivity contribution >= 4 is 0 Å². The summed E-state index contributed by atoms with van der Waals surface area (Å²) in [7, 11) is 0. The van der Waals surface area contributed by atoms with Crippen molar-refractivity contribution in [2.24, 2.45) is 0 Å².